The lowest BCUT2D eigenvalue weighted by atomic mass is 9.93. The first-order valence-corrected chi connectivity index (χ1v) is 3.74. The molecule has 0 heterocycles. The van der Waals surface area contributed by atoms with E-state index < -0.39 is 0 Å². The summed E-state index contributed by atoms with van der Waals surface area (Å²) in [6.45, 7) is 6.11. The maximum atomic E-state index is 3.95. The Hall–Kier alpha value is -0.560. The average Bonchev–Trinajstić information content (AvgIpc) is 1.85. The summed E-state index contributed by atoms with van der Waals surface area (Å²) in [6.07, 6.45) is 4.47. The van der Waals surface area contributed by atoms with Crippen LogP contribution in [0.2, 0.25) is 0 Å². The van der Waals surface area contributed by atoms with Crippen LogP contribution in [0.5, 0.6) is 0 Å². The van der Waals surface area contributed by atoms with Crippen LogP contribution in [0, 0.1) is 0 Å². The minimum absolute atomic E-state index is 0.623. The minimum atomic E-state index is 0.623. The van der Waals surface area contributed by atoms with Gasteiger partial charge >= 0.3 is 0 Å². The van der Waals surface area contributed by atoms with Crippen molar-refractivity contribution in [1.29, 1.82) is 0 Å². The second-order valence-electron chi connectivity index (χ2n) is 3.04. The number of allylic oxidation sites excluding steroid dienone is 1. The maximum absolute atomic E-state index is 3.95. The quantitative estimate of drug-likeness (QED) is 0.581. The molecule has 0 bridgehead atoms. The van der Waals surface area contributed by atoms with E-state index in [9.17, 15) is 0 Å². The lowest BCUT2D eigenvalue weighted by molar-refractivity contribution is 0.544. The summed E-state index contributed by atoms with van der Waals surface area (Å²) in [5, 5.41) is 3.26. The monoisotopic (exact) mass is 137 g/mol. The fraction of sp³-hybridized carbons (Fsp3) is 0.556. The summed E-state index contributed by atoms with van der Waals surface area (Å²) >= 11 is 0. The summed E-state index contributed by atoms with van der Waals surface area (Å²) in [7, 11) is 2.01. The van der Waals surface area contributed by atoms with E-state index in [1.165, 1.54) is 17.6 Å². The fourth-order valence-corrected chi connectivity index (χ4v) is 1.45. The molecule has 0 aliphatic heterocycles. The average molecular weight is 137 g/mol. The lowest BCUT2D eigenvalue weighted by Crippen LogP contribution is -2.27. The molecular weight excluding hydrogens is 122 g/mol. The van der Waals surface area contributed by atoms with Crippen molar-refractivity contribution in [1.82, 2.24) is 5.32 Å². The van der Waals surface area contributed by atoms with Crippen molar-refractivity contribution in [3.8, 4) is 0 Å². The molecule has 1 N–H and O–H groups in total. The van der Waals surface area contributed by atoms with Crippen molar-refractivity contribution >= 4 is 0 Å². The van der Waals surface area contributed by atoms with Crippen molar-refractivity contribution < 1.29 is 0 Å². The molecule has 1 nitrogen and oxygen atoms in total. The third kappa shape index (κ3) is 1.71. The van der Waals surface area contributed by atoms with Gasteiger partial charge in [-0.15, -0.1) is 0 Å². The Morgan fingerprint density at radius 1 is 1.60 bits per heavy atom. The molecule has 1 heteroatoms. The molecule has 1 unspecified atom stereocenters. The van der Waals surface area contributed by atoms with E-state index in [4.69, 9.17) is 0 Å². The third-order valence-corrected chi connectivity index (χ3v) is 1.94. The first-order chi connectivity index (χ1) is 4.72. The molecule has 0 aromatic rings. The molecule has 1 rings (SSSR count). The molecule has 1 aliphatic carbocycles. The minimum Gasteiger partial charge on any atom is -0.316 e. The summed E-state index contributed by atoms with van der Waals surface area (Å²) in [5.41, 5.74) is 2.69. The van der Waals surface area contributed by atoms with Gasteiger partial charge in [-0.2, -0.15) is 0 Å². The van der Waals surface area contributed by atoms with Gasteiger partial charge < -0.3 is 5.32 Å². The SMILES string of the molecule is C=C1C=C(C)CC(NC)C1. The zero-order valence-corrected chi connectivity index (χ0v) is 6.78. The molecule has 0 spiro atoms. The van der Waals surface area contributed by atoms with Crippen LogP contribution in [0.25, 0.3) is 0 Å². The Balaban J connectivity index is 2.60. The van der Waals surface area contributed by atoms with E-state index in [-0.39, 0.29) is 0 Å². The van der Waals surface area contributed by atoms with Crippen LogP contribution in [0.15, 0.2) is 23.8 Å². The van der Waals surface area contributed by atoms with E-state index in [0.29, 0.717) is 6.04 Å². The van der Waals surface area contributed by atoms with E-state index in [1.54, 1.807) is 0 Å². The topological polar surface area (TPSA) is 12.0 Å². The van der Waals surface area contributed by atoms with Gasteiger partial charge in [0.25, 0.3) is 0 Å². The van der Waals surface area contributed by atoms with Gasteiger partial charge in [-0.25, -0.2) is 0 Å². The fourth-order valence-electron chi connectivity index (χ4n) is 1.45. The third-order valence-electron chi connectivity index (χ3n) is 1.94. The number of nitrogens with one attached hydrogen (secondary N) is 1. The van der Waals surface area contributed by atoms with Crippen LogP contribution in [0.3, 0.4) is 0 Å². The van der Waals surface area contributed by atoms with Crippen molar-refractivity contribution in [3.63, 3.8) is 0 Å². The summed E-state index contributed by atoms with van der Waals surface area (Å²) in [6, 6.07) is 0.623. The molecule has 0 amide bonds. The van der Waals surface area contributed by atoms with Crippen LogP contribution in [0.1, 0.15) is 19.8 Å². The Bertz CT molecular complexity index is 168. The Labute approximate surface area is 62.8 Å². The molecule has 0 fully saturated rings. The highest BCUT2D eigenvalue weighted by atomic mass is 14.9. The zero-order chi connectivity index (χ0) is 7.56. The molecule has 0 saturated heterocycles. The van der Waals surface area contributed by atoms with Gasteiger partial charge in [-0.05, 0) is 26.8 Å². The van der Waals surface area contributed by atoms with Gasteiger partial charge in [0.1, 0.15) is 0 Å². The predicted octanol–water partition coefficient (Wildman–Crippen LogP) is 1.87. The van der Waals surface area contributed by atoms with Crippen LogP contribution in [0.4, 0.5) is 0 Å². The van der Waals surface area contributed by atoms with Gasteiger partial charge in [0.2, 0.25) is 0 Å². The van der Waals surface area contributed by atoms with Crippen molar-refractivity contribution in [2.75, 3.05) is 7.05 Å². The lowest BCUT2D eigenvalue weighted by Gasteiger charge is -2.21. The highest BCUT2D eigenvalue weighted by molar-refractivity contribution is 5.25. The Kier molecular flexibility index (Phi) is 2.28. The normalized spacial score (nSPS) is 26.4. The Morgan fingerprint density at radius 3 is 2.80 bits per heavy atom. The van der Waals surface area contributed by atoms with Crippen LogP contribution >= 0.6 is 0 Å². The van der Waals surface area contributed by atoms with Gasteiger partial charge in [0.05, 0.1) is 0 Å². The van der Waals surface area contributed by atoms with Crippen molar-refractivity contribution in [2.24, 2.45) is 0 Å². The first-order valence-electron chi connectivity index (χ1n) is 3.74. The summed E-state index contributed by atoms with van der Waals surface area (Å²) in [4.78, 5) is 0. The van der Waals surface area contributed by atoms with Gasteiger partial charge in [-0.3, -0.25) is 0 Å². The first kappa shape index (κ1) is 7.55. The summed E-state index contributed by atoms with van der Waals surface area (Å²) in [5.74, 6) is 0. The predicted molar refractivity (Wildman–Crippen MR) is 45.0 cm³/mol. The van der Waals surface area contributed by atoms with E-state index in [2.05, 4.69) is 24.9 Å². The standard InChI is InChI=1S/C9H15N/c1-7-4-8(2)6-9(5-7)10-3/h4,9-10H,1,5-6H2,2-3H3. The van der Waals surface area contributed by atoms with E-state index in [1.807, 2.05) is 7.05 Å². The zero-order valence-electron chi connectivity index (χ0n) is 6.78. The van der Waals surface area contributed by atoms with Gasteiger partial charge in [0, 0.05) is 6.04 Å². The molecule has 56 valence electrons. The van der Waals surface area contributed by atoms with Crippen molar-refractivity contribution in [2.45, 2.75) is 25.8 Å². The smallest absolute Gasteiger partial charge is 0.0141 e. The van der Waals surface area contributed by atoms with E-state index >= 15 is 0 Å². The molecule has 0 saturated carbocycles. The highest BCUT2D eigenvalue weighted by Crippen LogP contribution is 2.20. The second kappa shape index (κ2) is 3.02. The highest BCUT2D eigenvalue weighted by Gasteiger charge is 2.12. The summed E-state index contributed by atoms with van der Waals surface area (Å²) < 4.78 is 0. The maximum Gasteiger partial charge on any atom is 0.0141 e. The van der Waals surface area contributed by atoms with Gasteiger partial charge in [0.15, 0.2) is 0 Å². The number of hydrogen-bond acceptors (Lipinski definition) is 1. The molecule has 0 aromatic heterocycles. The van der Waals surface area contributed by atoms with E-state index in [0.717, 1.165) is 6.42 Å². The molecule has 0 radical (unpaired) electrons. The molecule has 1 atom stereocenters. The van der Waals surface area contributed by atoms with Crippen LogP contribution in [-0.4, -0.2) is 13.1 Å². The van der Waals surface area contributed by atoms with Crippen LogP contribution < -0.4 is 5.32 Å². The number of rotatable bonds is 1. The molecule has 0 aromatic carbocycles. The van der Waals surface area contributed by atoms with Crippen LogP contribution in [-0.2, 0) is 0 Å². The molecular formula is C9H15N. The largest absolute Gasteiger partial charge is 0.316 e. The molecule has 1 aliphatic rings. The van der Waals surface area contributed by atoms with Crippen molar-refractivity contribution in [3.05, 3.63) is 23.8 Å². The second-order valence-corrected chi connectivity index (χ2v) is 3.04. The number of hydrogen-bond donors (Lipinski definition) is 1. The Morgan fingerprint density at radius 2 is 2.30 bits per heavy atom. The molecule has 10 heavy (non-hydrogen) atoms. The van der Waals surface area contributed by atoms with Gasteiger partial charge in [-0.1, -0.05) is 23.8 Å².